The second-order valence-electron chi connectivity index (χ2n) is 4.79. The Morgan fingerprint density at radius 3 is 2.42 bits per heavy atom. The van der Waals surface area contributed by atoms with Crippen LogP contribution in [0.4, 0.5) is 0 Å². The van der Waals surface area contributed by atoms with Gasteiger partial charge < -0.3 is 14.9 Å². The summed E-state index contributed by atoms with van der Waals surface area (Å²) in [6.07, 6.45) is -1.58. The van der Waals surface area contributed by atoms with Crippen molar-refractivity contribution in [2.45, 2.75) is 31.7 Å². The highest BCUT2D eigenvalue weighted by molar-refractivity contribution is 7.91. The second-order valence-corrected chi connectivity index (χ2v) is 6.95. The van der Waals surface area contributed by atoms with E-state index in [-0.39, 0.29) is 11.5 Å². The summed E-state index contributed by atoms with van der Waals surface area (Å²) in [7, 11) is -3.21. The number of hydrogen-bond donors (Lipinski definition) is 2. The highest BCUT2D eigenvalue weighted by Gasteiger charge is 2.38. The Morgan fingerprint density at radius 1 is 1.32 bits per heavy atom. The van der Waals surface area contributed by atoms with E-state index in [1.807, 2.05) is 6.92 Å². The molecule has 5 nitrogen and oxygen atoms in total. The Balaban J connectivity index is 2.04. The minimum Gasteiger partial charge on any atom is -0.487 e. The van der Waals surface area contributed by atoms with Gasteiger partial charge in [-0.2, -0.15) is 0 Å². The Morgan fingerprint density at radius 2 is 1.95 bits per heavy atom. The van der Waals surface area contributed by atoms with Gasteiger partial charge in [0.15, 0.2) is 9.84 Å². The Labute approximate surface area is 112 Å². The summed E-state index contributed by atoms with van der Waals surface area (Å²) in [4.78, 5) is 0. The normalized spacial score (nSPS) is 27.1. The standard InChI is InChI=1S/C13H18O5S/c1-2-11(14)9-3-5-10(6-4-9)18-13-8-19(16,17)7-12(13)15/h3-6,11-15H,2,7-8H2,1H3. The maximum absolute atomic E-state index is 11.4. The molecule has 0 bridgehead atoms. The first-order chi connectivity index (χ1) is 8.91. The zero-order valence-corrected chi connectivity index (χ0v) is 11.5. The van der Waals surface area contributed by atoms with Crippen LogP contribution in [-0.2, 0) is 9.84 Å². The van der Waals surface area contributed by atoms with E-state index in [4.69, 9.17) is 4.74 Å². The highest BCUT2D eigenvalue weighted by atomic mass is 32.2. The van der Waals surface area contributed by atoms with Crippen molar-refractivity contribution in [1.29, 1.82) is 0 Å². The largest absolute Gasteiger partial charge is 0.487 e. The predicted octanol–water partition coefficient (Wildman–Crippen LogP) is 0.667. The molecule has 1 aliphatic rings. The van der Waals surface area contributed by atoms with Gasteiger partial charge in [-0.3, -0.25) is 0 Å². The van der Waals surface area contributed by atoms with Gasteiger partial charge in [-0.1, -0.05) is 19.1 Å². The Bertz CT molecular complexity index is 522. The monoisotopic (exact) mass is 286 g/mol. The molecule has 2 rings (SSSR count). The van der Waals surface area contributed by atoms with E-state index in [9.17, 15) is 18.6 Å². The van der Waals surface area contributed by atoms with E-state index in [1.165, 1.54) is 0 Å². The molecule has 1 aliphatic heterocycles. The first kappa shape index (κ1) is 14.3. The summed E-state index contributed by atoms with van der Waals surface area (Å²) in [6, 6.07) is 6.82. The third-order valence-corrected chi connectivity index (χ3v) is 4.90. The van der Waals surface area contributed by atoms with Crippen molar-refractivity contribution >= 4 is 9.84 Å². The van der Waals surface area contributed by atoms with Crippen molar-refractivity contribution in [3.8, 4) is 5.75 Å². The lowest BCUT2D eigenvalue weighted by Crippen LogP contribution is -2.29. The van der Waals surface area contributed by atoms with E-state index >= 15 is 0 Å². The van der Waals surface area contributed by atoms with Gasteiger partial charge in [-0.15, -0.1) is 0 Å². The van der Waals surface area contributed by atoms with Crippen LogP contribution in [0.1, 0.15) is 25.0 Å². The second kappa shape index (κ2) is 5.48. The summed E-state index contributed by atoms with van der Waals surface area (Å²) >= 11 is 0. The van der Waals surface area contributed by atoms with Crippen LogP contribution in [0.5, 0.6) is 5.75 Å². The van der Waals surface area contributed by atoms with E-state index in [0.717, 1.165) is 5.56 Å². The van der Waals surface area contributed by atoms with Gasteiger partial charge in [-0.05, 0) is 24.1 Å². The molecule has 6 heteroatoms. The molecule has 1 aromatic rings. The fraction of sp³-hybridized carbons (Fsp3) is 0.538. The Kier molecular flexibility index (Phi) is 4.13. The molecule has 106 valence electrons. The van der Waals surface area contributed by atoms with E-state index in [0.29, 0.717) is 12.2 Å². The third kappa shape index (κ3) is 3.46. The van der Waals surface area contributed by atoms with Crippen molar-refractivity contribution in [2.75, 3.05) is 11.5 Å². The number of aliphatic hydroxyl groups is 2. The van der Waals surface area contributed by atoms with Crippen LogP contribution in [0.3, 0.4) is 0 Å². The fourth-order valence-corrected chi connectivity index (χ4v) is 3.75. The van der Waals surface area contributed by atoms with Crippen LogP contribution in [0.25, 0.3) is 0 Å². The number of sulfone groups is 1. The van der Waals surface area contributed by atoms with Crippen LogP contribution >= 0.6 is 0 Å². The lowest BCUT2D eigenvalue weighted by Gasteiger charge is -2.16. The summed E-state index contributed by atoms with van der Waals surface area (Å²) in [5.41, 5.74) is 0.787. The molecule has 1 heterocycles. The number of rotatable bonds is 4. The number of hydrogen-bond acceptors (Lipinski definition) is 5. The lowest BCUT2D eigenvalue weighted by molar-refractivity contribution is 0.0737. The van der Waals surface area contributed by atoms with Gasteiger partial charge in [-0.25, -0.2) is 8.42 Å². The molecule has 0 spiro atoms. The van der Waals surface area contributed by atoms with Crippen LogP contribution in [-0.4, -0.2) is 42.3 Å². The van der Waals surface area contributed by atoms with Gasteiger partial charge in [0.25, 0.3) is 0 Å². The van der Waals surface area contributed by atoms with Crippen molar-refractivity contribution in [2.24, 2.45) is 0 Å². The number of benzene rings is 1. The van der Waals surface area contributed by atoms with Crippen molar-refractivity contribution in [1.82, 2.24) is 0 Å². The van der Waals surface area contributed by atoms with Gasteiger partial charge in [0.1, 0.15) is 18.0 Å². The minimum absolute atomic E-state index is 0.159. The molecule has 1 saturated heterocycles. The van der Waals surface area contributed by atoms with Gasteiger partial charge in [0.2, 0.25) is 0 Å². The first-order valence-corrected chi connectivity index (χ1v) is 8.06. The van der Waals surface area contributed by atoms with Crippen molar-refractivity contribution in [3.63, 3.8) is 0 Å². The third-order valence-electron chi connectivity index (χ3n) is 3.21. The summed E-state index contributed by atoms with van der Waals surface area (Å²) < 4.78 is 28.2. The summed E-state index contributed by atoms with van der Waals surface area (Å²) in [6.45, 7) is 1.88. The maximum Gasteiger partial charge on any atom is 0.156 e. The average molecular weight is 286 g/mol. The molecule has 0 radical (unpaired) electrons. The highest BCUT2D eigenvalue weighted by Crippen LogP contribution is 2.23. The van der Waals surface area contributed by atoms with E-state index < -0.39 is 28.1 Å². The van der Waals surface area contributed by atoms with Gasteiger partial charge in [0.05, 0.1) is 17.6 Å². The molecule has 3 unspecified atom stereocenters. The molecule has 3 atom stereocenters. The zero-order chi connectivity index (χ0) is 14.0. The number of aliphatic hydroxyl groups excluding tert-OH is 2. The first-order valence-electron chi connectivity index (χ1n) is 6.24. The smallest absolute Gasteiger partial charge is 0.156 e. The summed E-state index contributed by atoms with van der Waals surface area (Å²) in [5.74, 6) is 0.0887. The molecule has 1 aromatic carbocycles. The maximum atomic E-state index is 11.4. The Hall–Kier alpha value is -1.11. The zero-order valence-electron chi connectivity index (χ0n) is 10.7. The molecule has 0 amide bonds. The van der Waals surface area contributed by atoms with E-state index in [1.54, 1.807) is 24.3 Å². The van der Waals surface area contributed by atoms with Gasteiger partial charge >= 0.3 is 0 Å². The molecule has 0 saturated carbocycles. The van der Waals surface area contributed by atoms with Gasteiger partial charge in [0, 0.05) is 0 Å². The predicted molar refractivity (Wildman–Crippen MR) is 70.8 cm³/mol. The molecular weight excluding hydrogens is 268 g/mol. The molecule has 2 N–H and O–H groups in total. The topological polar surface area (TPSA) is 83.8 Å². The molecule has 0 aliphatic carbocycles. The van der Waals surface area contributed by atoms with Crippen LogP contribution < -0.4 is 4.74 Å². The number of ether oxygens (including phenoxy) is 1. The van der Waals surface area contributed by atoms with Crippen LogP contribution in [0.2, 0.25) is 0 Å². The minimum atomic E-state index is -3.21. The van der Waals surface area contributed by atoms with Crippen LogP contribution in [0, 0.1) is 0 Å². The van der Waals surface area contributed by atoms with Crippen LogP contribution in [0.15, 0.2) is 24.3 Å². The lowest BCUT2D eigenvalue weighted by atomic mass is 10.1. The molecule has 1 fully saturated rings. The summed E-state index contributed by atoms with van der Waals surface area (Å²) in [5, 5.41) is 19.3. The SMILES string of the molecule is CCC(O)c1ccc(OC2CS(=O)(=O)CC2O)cc1. The average Bonchev–Trinajstić information content (AvgIpc) is 2.62. The molecule has 19 heavy (non-hydrogen) atoms. The van der Waals surface area contributed by atoms with Crippen molar-refractivity contribution in [3.05, 3.63) is 29.8 Å². The fourth-order valence-electron chi connectivity index (χ4n) is 2.09. The molecule has 0 aromatic heterocycles. The van der Waals surface area contributed by atoms with Crippen molar-refractivity contribution < 1.29 is 23.4 Å². The molecular formula is C13H18O5S. The quantitative estimate of drug-likeness (QED) is 0.850. The van der Waals surface area contributed by atoms with E-state index in [2.05, 4.69) is 0 Å².